The van der Waals surface area contributed by atoms with Crippen molar-refractivity contribution in [2.45, 2.75) is 57.1 Å². The van der Waals surface area contributed by atoms with Crippen LogP contribution in [0.4, 0.5) is 0 Å². The Morgan fingerprint density at radius 2 is 2.00 bits per heavy atom. The Morgan fingerprint density at radius 3 is 2.71 bits per heavy atom. The number of hydrogen-bond acceptors (Lipinski definition) is 6. The molecule has 0 bridgehead atoms. The number of aromatic nitrogens is 2. The lowest BCUT2D eigenvalue weighted by Gasteiger charge is -2.39. The Morgan fingerprint density at radius 1 is 1.23 bits per heavy atom. The summed E-state index contributed by atoms with van der Waals surface area (Å²) in [6, 6.07) is 10.2. The summed E-state index contributed by atoms with van der Waals surface area (Å²) in [5.74, 6) is 2.23. The third kappa shape index (κ3) is 4.39. The van der Waals surface area contributed by atoms with Gasteiger partial charge in [0.25, 0.3) is 0 Å². The van der Waals surface area contributed by atoms with E-state index < -0.39 is 0 Å². The van der Waals surface area contributed by atoms with Gasteiger partial charge in [0.05, 0.1) is 12.6 Å². The molecule has 3 fully saturated rings. The first-order valence-corrected chi connectivity index (χ1v) is 11.6. The molecule has 7 heteroatoms. The number of likely N-dealkylation sites (tertiary alicyclic amines) is 2. The number of amides is 1. The van der Waals surface area contributed by atoms with E-state index in [1.54, 1.807) is 0 Å². The molecule has 0 N–H and O–H groups in total. The van der Waals surface area contributed by atoms with Crippen molar-refractivity contribution in [3.05, 3.63) is 47.6 Å². The Labute approximate surface area is 183 Å². The van der Waals surface area contributed by atoms with E-state index in [1.807, 2.05) is 35.2 Å². The lowest BCUT2D eigenvalue weighted by molar-refractivity contribution is -0.138. The summed E-state index contributed by atoms with van der Waals surface area (Å²) in [6.07, 6.45) is 6.69. The van der Waals surface area contributed by atoms with Crippen LogP contribution in [0.1, 0.15) is 67.8 Å². The minimum Gasteiger partial charge on any atom is -0.367 e. The molecule has 1 aliphatic carbocycles. The van der Waals surface area contributed by atoms with Gasteiger partial charge in [-0.1, -0.05) is 41.9 Å². The Hall–Kier alpha value is -2.25. The van der Waals surface area contributed by atoms with Crippen LogP contribution in [0.15, 0.2) is 34.9 Å². The van der Waals surface area contributed by atoms with Crippen molar-refractivity contribution in [3.63, 3.8) is 0 Å². The topological polar surface area (TPSA) is 71.7 Å². The van der Waals surface area contributed by atoms with Crippen LogP contribution in [-0.4, -0.2) is 59.1 Å². The summed E-state index contributed by atoms with van der Waals surface area (Å²) in [4.78, 5) is 21.7. The molecule has 1 saturated carbocycles. The average molecular weight is 425 g/mol. The molecule has 1 amide bonds. The van der Waals surface area contributed by atoms with E-state index in [-0.39, 0.29) is 24.0 Å². The van der Waals surface area contributed by atoms with E-state index >= 15 is 0 Å². The number of piperidine rings is 1. The quantitative estimate of drug-likeness (QED) is 0.706. The van der Waals surface area contributed by atoms with E-state index in [4.69, 9.17) is 14.2 Å². The minimum atomic E-state index is 0.0944. The zero-order valence-corrected chi connectivity index (χ0v) is 18.3. The number of hydrogen-bond donors (Lipinski definition) is 0. The Kier molecular flexibility index (Phi) is 5.80. The molecule has 1 aromatic carbocycles. The van der Waals surface area contributed by atoms with Crippen LogP contribution in [0.25, 0.3) is 0 Å². The van der Waals surface area contributed by atoms with Crippen LogP contribution in [0, 0.1) is 5.41 Å². The molecular weight excluding hydrogens is 392 g/mol. The van der Waals surface area contributed by atoms with Gasteiger partial charge in [-0.3, -0.25) is 9.69 Å². The summed E-state index contributed by atoms with van der Waals surface area (Å²) in [5, 5.41) is 4.32. The second-order valence-electron chi connectivity index (χ2n) is 9.61. The second-order valence-corrected chi connectivity index (χ2v) is 9.61. The molecule has 5 rings (SSSR count). The van der Waals surface area contributed by atoms with Crippen LogP contribution < -0.4 is 0 Å². The molecule has 3 heterocycles. The zero-order valence-electron chi connectivity index (χ0n) is 18.3. The summed E-state index contributed by atoms with van der Waals surface area (Å²) in [7, 11) is 2.16. The molecular formula is C24H32N4O3. The maximum absolute atomic E-state index is 12.6. The molecule has 166 valence electrons. The van der Waals surface area contributed by atoms with Gasteiger partial charge in [0.1, 0.15) is 6.61 Å². The maximum Gasteiger partial charge on any atom is 0.248 e. The van der Waals surface area contributed by atoms with Crippen molar-refractivity contribution in [2.75, 3.05) is 33.3 Å². The molecule has 1 aromatic heterocycles. The number of rotatable bonds is 6. The zero-order chi connectivity index (χ0) is 21.3. The van der Waals surface area contributed by atoms with Gasteiger partial charge in [-0.05, 0) is 50.1 Å². The van der Waals surface area contributed by atoms with Crippen molar-refractivity contribution in [1.82, 2.24) is 19.9 Å². The smallest absolute Gasteiger partial charge is 0.248 e. The highest BCUT2D eigenvalue weighted by molar-refractivity contribution is 5.77. The summed E-state index contributed by atoms with van der Waals surface area (Å²) >= 11 is 0. The van der Waals surface area contributed by atoms with Crippen molar-refractivity contribution in [3.8, 4) is 0 Å². The fourth-order valence-electron chi connectivity index (χ4n) is 5.28. The monoisotopic (exact) mass is 424 g/mol. The average Bonchev–Trinajstić information content (AvgIpc) is 3.33. The van der Waals surface area contributed by atoms with Crippen molar-refractivity contribution in [2.24, 2.45) is 5.41 Å². The van der Waals surface area contributed by atoms with Gasteiger partial charge in [0.2, 0.25) is 11.8 Å². The van der Waals surface area contributed by atoms with Crippen LogP contribution >= 0.6 is 0 Å². The SMILES string of the molecule is CN1CC2(CCN(C(=O)COCc3ccccc3)CC2)CC1c1noc(C2CCC2)n1. The summed E-state index contributed by atoms with van der Waals surface area (Å²) in [6.45, 7) is 3.25. The molecule has 2 aromatic rings. The fraction of sp³-hybridized carbons (Fsp3) is 0.625. The third-order valence-electron chi connectivity index (χ3n) is 7.47. The van der Waals surface area contributed by atoms with Crippen LogP contribution in [0.5, 0.6) is 0 Å². The van der Waals surface area contributed by atoms with E-state index in [0.717, 1.165) is 56.2 Å². The van der Waals surface area contributed by atoms with Gasteiger partial charge in [-0.25, -0.2) is 0 Å². The molecule has 1 spiro atoms. The molecule has 1 atom stereocenters. The van der Waals surface area contributed by atoms with Crippen LogP contribution in [-0.2, 0) is 16.1 Å². The molecule has 1 unspecified atom stereocenters. The Balaban J connectivity index is 1.12. The highest BCUT2D eigenvalue weighted by atomic mass is 16.5. The lowest BCUT2D eigenvalue weighted by Crippen LogP contribution is -2.45. The minimum absolute atomic E-state index is 0.0944. The predicted molar refractivity (Wildman–Crippen MR) is 115 cm³/mol. The fourth-order valence-corrected chi connectivity index (χ4v) is 5.28. The normalized spacial score (nSPS) is 23.9. The van der Waals surface area contributed by atoms with Crippen molar-refractivity contribution < 1.29 is 14.1 Å². The van der Waals surface area contributed by atoms with E-state index in [1.165, 1.54) is 19.3 Å². The van der Waals surface area contributed by atoms with Crippen molar-refractivity contribution in [1.29, 1.82) is 0 Å². The van der Waals surface area contributed by atoms with Gasteiger partial charge in [-0.15, -0.1) is 0 Å². The second kappa shape index (κ2) is 8.71. The number of ether oxygens (including phenoxy) is 1. The largest absolute Gasteiger partial charge is 0.367 e. The summed E-state index contributed by atoms with van der Waals surface area (Å²) < 4.78 is 11.2. The van der Waals surface area contributed by atoms with E-state index in [9.17, 15) is 4.79 Å². The molecule has 2 saturated heterocycles. The van der Waals surface area contributed by atoms with Crippen molar-refractivity contribution >= 4 is 5.91 Å². The van der Waals surface area contributed by atoms with Crippen LogP contribution in [0.2, 0.25) is 0 Å². The first-order valence-electron chi connectivity index (χ1n) is 11.6. The molecule has 31 heavy (non-hydrogen) atoms. The van der Waals surface area contributed by atoms with Crippen LogP contribution in [0.3, 0.4) is 0 Å². The Bertz CT molecular complexity index is 887. The number of carbonyl (C=O) groups is 1. The number of benzene rings is 1. The van der Waals surface area contributed by atoms with Gasteiger partial charge >= 0.3 is 0 Å². The molecule has 7 nitrogen and oxygen atoms in total. The predicted octanol–water partition coefficient (Wildman–Crippen LogP) is 3.54. The van der Waals surface area contributed by atoms with Gasteiger partial charge in [-0.2, -0.15) is 4.98 Å². The van der Waals surface area contributed by atoms with Gasteiger partial charge in [0, 0.05) is 25.6 Å². The van der Waals surface area contributed by atoms with Gasteiger partial charge in [0.15, 0.2) is 5.82 Å². The lowest BCUT2D eigenvalue weighted by atomic mass is 9.76. The van der Waals surface area contributed by atoms with Gasteiger partial charge < -0.3 is 14.2 Å². The molecule has 2 aliphatic heterocycles. The number of carbonyl (C=O) groups excluding carboxylic acids is 1. The molecule has 3 aliphatic rings. The first-order chi connectivity index (χ1) is 15.1. The third-order valence-corrected chi connectivity index (χ3v) is 7.47. The molecule has 0 radical (unpaired) electrons. The summed E-state index contributed by atoms with van der Waals surface area (Å²) in [5.41, 5.74) is 1.33. The van der Waals surface area contributed by atoms with E-state index in [2.05, 4.69) is 17.1 Å². The highest BCUT2D eigenvalue weighted by Gasteiger charge is 2.46. The maximum atomic E-state index is 12.6. The van der Waals surface area contributed by atoms with E-state index in [0.29, 0.717) is 12.5 Å². The number of nitrogens with zero attached hydrogens (tertiary/aromatic N) is 4. The highest BCUT2D eigenvalue weighted by Crippen LogP contribution is 2.48. The standard InChI is InChI=1S/C24H32N4O3/c1-27-17-24(14-20(27)22-25-23(31-26-22)19-8-5-9-19)10-12-28(13-11-24)21(29)16-30-15-18-6-3-2-4-7-18/h2-4,6-7,19-20H,5,8-17H2,1H3. The first kappa shape index (κ1) is 20.6.